The molecule has 29 heavy (non-hydrogen) atoms. The number of carbonyl (C=O) groups is 1. The summed E-state index contributed by atoms with van der Waals surface area (Å²) in [5.74, 6) is -0.293. The summed E-state index contributed by atoms with van der Waals surface area (Å²) >= 11 is 0. The highest BCUT2D eigenvalue weighted by molar-refractivity contribution is 7.89. The van der Waals surface area contributed by atoms with Gasteiger partial charge in [0.1, 0.15) is 0 Å². The van der Waals surface area contributed by atoms with Gasteiger partial charge in [0.05, 0.1) is 10.5 Å². The van der Waals surface area contributed by atoms with Gasteiger partial charge in [-0.05, 0) is 24.3 Å². The maximum atomic E-state index is 13.0. The highest BCUT2D eigenvalue weighted by Crippen LogP contribution is 2.40. The summed E-state index contributed by atoms with van der Waals surface area (Å²) in [5, 5.41) is 7.86. The summed E-state index contributed by atoms with van der Waals surface area (Å²) in [4.78, 5) is 12.8. The molecular formula is C20H17N3O5S. The van der Waals surface area contributed by atoms with Crippen molar-refractivity contribution in [1.82, 2.24) is 14.5 Å². The van der Waals surface area contributed by atoms with Crippen LogP contribution in [-0.2, 0) is 21.2 Å². The van der Waals surface area contributed by atoms with E-state index >= 15 is 0 Å². The molecule has 1 aliphatic rings. The summed E-state index contributed by atoms with van der Waals surface area (Å²) in [6.07, 6.45) is 0.479. The highest BCUT2D eigenvalue weighted by Gasteiger charge is 2.39. The largest absolute Gasteiger partial charge is 0.420 e. The third-order valence-corrected chi connectivity index (χ3v) is 6.29. The first-order valence-corrected chi connectivity index (χ1v) is 10.3. The van der Waals surface area contributed by atoms with E-state index in [0.29, 0.717) is 17.9 Å². The molecule has 0 saturated carbocycles. The molecule has 3 aromatic rings. The Morgan fingerprint density at radius 2 is 1.76 bits per heavy atom. The van der Waals surface area contributed by atoms with Crippen LogP contribution < -0.4 is 0 Å². The van der Waals surface area contributed by atoms with E-state index in [1.807, 2.05) is 6.92 Å². The first-order chi connectivity index (χ1) is 13.9. The number of hydrogen-bond donors (Lipinski definition) is 0. The number of ether oxygens (including phenoxy) is 1. The van der Waals surface area contributed by atoms with Crippen LogP contribution in [0.5, 0.6) is 0 Å². The van der Waals surface area contributed by atoms with Crippen molar-refractivity contribution in [1.29, 1.82) is 0 Å². The standard InChI is InChI=1S/C20H17N3O5S/c1-3-16-21-22-19(27-16)17-18(28-20(24)13-9-5-4-6-10-13)14-11-7-8-12-15(14)29(25,26)23(17)2/h4-12H,3H2,1-2H3. The minimum atomic E-state index is -3.89. The molecule has 0 saturated heterocycles. The van der Waals surface area contributed by atoms with Crippen LogP contribution in [0.15, 0.2) is 63.9 Å². The third kappa shape index (κ3) is 3.19. The fourth-order valence-corrected chi connectivity index (χ4v) is 4.36. The number of hydrogen-bond acceptors (Lipinski definition) is 7. The van der Waals surface area contributed by atoms with Crippen LogP contribution in [0.1, 0.15) is 34.6 Å². The molecule has 0 radical (unpaired) electrons. The van der Waals surface area contributed by atoms with Gasteiger partial charge in [0, 0.05) is 19.0 Å². The van der Waals surface area contributed by atoms with E-state index in [0.717, 1.165) is 4.31 Å². The van der Waals surface area contributed by atoms with E-state index in [9.17, 15) is 13.2 Å². The Morgan fingerprint density at radius 1 is 1.07 bits per heavy atom. The van der Waals surface area contributed by atoms with Crippen molar-refractivity contribution in [3.05, 3.63) is 77.5 Å². The fourth-order valence-electron chi connectivity index (χ4n) is 2.97. The number of esters is 1. The number of sulfonamides is 1. The van der Waals surface area contributed by atoms with E-state index in [1.54, 1.807) is 48.5 Å². The van der Waals surface area contributed by atoms with Crippen LogP contribution in [0.2, 0.25) is 0 Å². The lowest BCUT2D eigenvalue weighted by Gasteiger charge is -2.29. The maximum Gasteiger partial charge on any atom is 0.343 e. The number of fused-ring (bicyclic) bond motifs is 1. The van der Waals surface area contributed by atoms with Gasteiger partial charge in [-0.1, -0.05) is 37.3 Å². The quantitative estimate of drug-likeness (QED) is 0.608. The van der Waals surface area contributed by atoms with E-state index in [1.165, 1.54) is 13.1 Å². The lowest BCUT2D eigenvalue weighted by atomic mass is 10.1. The number of rotatable bonds is 4. The number of benzene rings is 2. The highest BCUT2D eigenvalue weighted by atomic mass is 32.2. The van der Waals surface area contributed by atoms with Crippen molar-refractivity contribution in [2.45, 2.75) is 18.2 Å². The third-order valence-electron chi connectivity index (χ3n) is 4.48. The van der Waals surface area contributed by atoms with Crippen molar-refractivity contribution in [2.75, 3.05) is 7.05 Å². The Bertz CT molecular complexity index is 1220. The van der Waals surface area contributed by atoms with Gasteiger partial charge in [-0.15, -0.1) is 10.2 Å². The molecule has 0 amide bonds. The lowest BCUT2D eigenvalue weighted by molar-refractivity contribution is 0.0690. The normalized spacial score (nSPS) is 15.2. The fraction of sp³-hybridized carbons (Fsp3) is 0.150. The second kappa shape index (κ2) is 7.17. The predicted molar refractivity (Wildman–Crippen MR) is 104 cm³/mol. The Morgan fingerprint density at radius 3 is 2.45 bits per heavy atom. The Kier molecular flexibility index (Phi) is 4.67. The molecule has 1 aromatic heterocycles. The summed E-state index contributed by atoms with van der Waals surface area (Å²) in [6.45, 7) is 1.83. The number of aromatic nitrogens is 2. The number of aryl methyl sites for hydroxylation is 1. The maximum absolute atomic E-state index is 13.0. The van der Waals surface area contributed by atoms with Crippen LogP contribution in [0.3, 0.4) is 0 Å². The average molecular weight is 411 g/mol. The van der Waals surface area contributed by atoms with Crippen LogP contribution in [0.4, 0.5) is 0 Å². The van der Waals surface area contributed by atoms with Crippen LogP contribution >= 0.6 is 0 Å². The zero-order valence-electron chi connectivity index (χ0n) is 15.7. The topological polar surface area (TPSA) is 103 Å². The molecule has 0 spiro atoms. The second-order valence-corrected chi connectivity index (χ2v) is 8.19. The van der Waals surface area contributed by atoms with Gasteiger partial charge in [-0.2, -0.15) is 0 Å². The van der Waals surface area contributed by atoms with E-state index < -0.39 is 16.0 Å². The molecule has 4 rings (SSSR count). The SMILES string of the molecule is CCc1nnc(C2=C(OC(=O)c3ccccc3)c3ccccc3S(=O)(=O)N2C)o1. The van der Waals surface area contributed by atoms with Gasteiger partial charge in [0.15, 0.2) is 11.5 Å². The predicted octanol–water partition coefficient (Wildman–Crippen LogP) is 2.95. The smallest absolute Gasteiger partial charge is 0.343 e. The van der Waals surface area contributed by atoms with Crippen LogP contribution in [0, 0.1) is 0 Å². The van der Waals surface area contributed by atoms with E-state index in [4.69, 9.17) is 9.15 Å². The Hall–Kier alpha value is -3.46. The first-order valence-electron chi connectivity index (χ1n) is 8.86. The molecule has 9 heteroatoms. The van der Waals surface area contributed by atoms with Gasteiger partial charge >= 0.3 is 5.97 Å². The van der Waals surface area contributed by atoms with E-state index in [2.05, 4.69) is 10.2 Å². The summed E-state index contributed by atoms with van der Waals surface area (Å²) in [7, 11) is -2.54. The minimum absolute atomic E-state index is 0.0141. The zero-order valence-corrected chi connectivity index (χ0v) is 16.5. The molecule has 0 fully saturated rings. The molecule has 2 heterocycles. The summed E-state index contributed by atoms with van der Waals surface area (Å²) < 4.78 is 38.3. The van der Waals surface area contributed by atoms with Crippen molar-refractivity contribution in [3.63, 3.8) is 0 Å². The molecule has 8 nitrogen and oxygen atoms in total. The number of nitrogens with zero attached hydrogens (tertiary/aromatic N) is 3. The van der Waals surface area contributed by atoms with Crippen molar-refractivity contribution >= 4 is 27.4 Å². The second-order valence-electron chi connectivity index (χ2n) is 6.26. The Labute approximate surface area is 167 Å². The average Bonchev–Trinajstić information content (AvgIpc) is 3.22. The molecule has 0 atom stereocenters. The van der Waals surface area contributed by atoms with Gasteiger partial charge in [0.2, 0.25) is 5.89 Å². The molecular weight excluding hydrogens is 394 g/mol. The Balaban J connectivity index is 1.93. The molecule has 0 unspecified atom stereocenters. The van der Waals surface area contributed by atoms with Gasteiger partial charge in [0.25, 0.3) is 15.9 Å². The number of carbonyl (C=O) groups excluding carboxylic acids is 1. The van der Waals surface area contributed by atoms with Crippen molar-refractivity contribution in [3.8, 4) is 0 Å². The van der Waals surface area contributed by atoms with Crippen LogP contribution in [-0.4, -0.2) is 35.9 Å². The molecule has 148 valence electrons. The van der Waals surface area contributed by atoms with Crippen molar-refractivity contribution < 1.29 is 22.4 Å². The summed E-state index contributed by atoms with van der Waals surface area (Å²) in [5.41, 5.74) is 0.592. The van der Waals surface area contributed by atoms with Gasteiger partial charge in [-0.3, -0.25) is 4.31 Å². The van der Waals surface area contributed by atoms with E-state index in [-0.39, 0.29) is 27.8 Å². The molecule has 0 aliphatic carbocycles. The van der Waals surface area contributed by atoms with Crippen molar-refractivity contribution in [2.24, 2.45) is 0 Å². The first kappa shape index (κ1) is 18.9. The van der Waals surface area contributed by atoms with Crippen LogP contribution in [0.25, 0.3) is 11.5 Å². The lowest BCUT2D eigenvalue weighted by Crippen LogP contribution is -2.31. The molecule has 1 aliphatic heterocycles. The summed E-state index contributed by atoms with van der Waals surface area (Å²) in [6, 6.07) is 14.7. The monoisotopic (exact) mass is 411 g/mol. The zero-order chi connectivity index (χ0) is 20.6. The van der Waals surface area contributed by atoms with Gasteiger partial charge in [-0.25, -0.2) is 13.2 Å². The molecule has 0 N–H and O–H groups in total. The minimum Gasteiger partial charge on any atom is -0.420 e. The molecule has 2 aromatic carbocycles. The van der Waals surface area contributed by atoms with Gasteiger partial charge < -0.3 is 9.15 Å². The molecule has 0 bridgehead atoms.